The molecule has 0 spiro atoms. The molecule has 5 nitrogen and oxygen atoms in total. The largest absolute Gasteiger partial charge is 0.497 e. The van der Waals surface area contributed by atoms with Gasteiger partial charge in [-0.1, -0.05) is 13.8 Å². The number of esters is 1. The molecule has 0 aliphatic heterocycles. The molecule has 0 saturated carbocycles. The van der Waals surface area contributed by atoms with Gasteiger partial charge in [-0.3, -0.25) is 4.79 Å². The number of nitrogens with two attached hydrogens (primary N) is 1. The van der Waals surface area contributed by atoms with E-state index in [9.17, 15) is 4.79 Å². The molecule has 2 N–H and O–H groups in total. The molecule has 0 aliphatic rings. The van der Waals surface area contributed by atoms with Crippen LogP contribution in [0.5, 0.6) is 11.5 Å². The highest BCUT2D eigenvalue weighted by atomic mass is 16.5. The average Bonchev–Trinajstić information content (AvgIpc) is 2.46. The topological polar surface area (TPSA) is 70.8 Å². The molecule has 0 aliphatic carbocycles. The molecule has 1 aromatic rings. The number of ether oxygens (including phenoxy) is 3. The Balaban J connectivity index is 0.00000154. The van der Waals surface area contributed by atoms with Gasteiger partial charge in [-0.05, 0) is 18.6 Å². The van der Waals surface area contributed by atoms with Crippen LogP contribution >= 0.6 is 0 Å². The number of methoxy groups -OCH3 is 2. The van der Waals surface area contributed by atoms with Crippen molar-refractivity contribution in [2.45, 2.75) is 26.7 Å². The van der Waals surface area contributed by atoms with Crippen molar-refractivity contribution in [3.8, 4) is 11.5 Å². The first-order chi connectivity index (χ1) is 9.17. The fraction of sp³-hybridized carbons (Fsp3) is 0.500. The zero-order valence-corrected chi connectivity index (χ0v) is 12.1. The van der Waals surface area contributed by atoms with Crippen molar-refractivity contribution in [3.63, 3.8) is 0 Å². The number of hydrogen-bond donors (Lipinski definition) is 1. The highest BCUT2D eigenvalue weighted by Crippen LogP contribution is 2.26. The van der Waals surface area contributed by atoms with E-state index >= 15 is 0 Å². The first-order valence-corrected chi connectivity index (χ1v) is 6.30. The van der Waals surface area contributed by atoms with E-state index < -0.39 is 0 Å². The SMILES string of the molecule is CC.COC(=O)CCCOc1ccc(OC)cc1N. The summed E-state index contributed by atoms with van der Waals surface area (Å²) in [5.74, 6) is 1.04. The molecule has 19 heavy (non-hydrogen) atoms. The molecular formula is C14H23NO4. The van der Waals surface area contributed by atoms with Crippen LogP contribution in [0.4, 0.5) is 5.69 Å². The molecule has 0 radical (unpaired) electrons. The third-order valence-electron chi connectivity index (χ3n) is 2.23. The van der Waals surface area contributed by atoms with E-state index in [0.29, 0.717) is 36.6 Å². The first kappa shape index (κ1) is 17.1. The number of anilines is 1. The predicted octanol–water partition coefficient (Wildman–Crippen LogP) is 2.64. The van der Waals surface area contributed by atoms with Gasteiger partial charge in [0.25, 0.3) is 0 Å². The first-order valence-electron chi connectivity index (χ1n) is 6.30. The van der Waals surface area contributed by atoms with Crippen LogP contribution in [-0.2, 0) is 9.53 Å². The fourth-order valence-electron chi connectivity index (χ4n) is 1.29. The van der Waals surface area contributed by atoms with E-state index in [-0.39, 0.29) is 5.97 Å². The molecule has 0 bridgehead atoms. The van der Waals surface area contributed by atoms with E-state index in [4.69, 9.17) is 15.2 Å². The number of carbonyl (C=O) groups is 1. The molecule has 0 aromatic heterocycles. The molecule has 0 heterocycles. The lowest BCUT2D eigenvalue weighted by Crippen LogP contribution is -2.05. The van der Waals surface area contributed by atoms with Crippen LogP contribution in [0, 0.1) is 0 Å². The number of carbonyl (C=O) groups excluding carboxylic acids is 1. The second kappa shape index (κ2) is 10.1. The van der Waals surface area contributed by atoms with Gasteiger partial charge in [-0.15, -0.1) is 0 Å². The van der Waals surface area contributed by atoms with Gasteiger partial charge in [-0.25, -0.2) is 0 Å². The maximum absolute atomic E-state index is 10.9. The van der Waals surface area contributed by atoms with Crippen LogP contribution in [0.15, 0.2) is 18.2 Å². The van der Waals surface area contributed by atoms with E-state index in [1.54, 1.807) is 25.3 Å². The smallest absolute Gasteiger partial charge is 0.305 e. The second-order valence-electron chi connectivity index (χ2n) is 3.43. The number of nitrogen functional groups attached to an aromatic ring is 1. The Kier molecular flexibility index (Phi) is 9.04. The van der Waals surface area contributed by atoms with Crippen molar-refractivity contribution in [1.82, 2.24) is 0 Å². The molecule has 0 atom stereocenters. The zero-order chi connectivity index (χ0) is 14.7. The third kappa shape index (κ3) is 6.55. The highest BCUT2D eigenvalue weighted by molar-refractivity contribution is 5.69. The van der Waals surface area contributed by atoms with Gasteiger partial charge in [0.1, 0.15) is 11.5 Å². The highest BCUT2D eigenvalue weighted by Gasteiger charge is 2.03. The Hall–Kier alpha value is -1.91. The van der Waals surface area contributed by atoms with E-state index in [1.165, 1.54) is 7.11 Å². The Morgan fingerprint density at radius 1 is 1.26 bits per heavy atom. The Morgan fingerprint density at radius 3 is 2.47 bits per heavy atom. The zero-order valence-electron chi connectivity index (χ0n) is 12.1. The fourth-order valence-corrected chi connectivity index (χ4v) is 1.29. The number of hydrogen-bond acceptors (Lipinski definition) is 5. The van der Waals surface area contributed by atoms with Crippen LogP contribution in [0.1, 0.15) is 26.7 Å². The molecule has 0 amide bonds. The standard InChI is InChI=1S/C12H17NO4.C2H6/c1-15-9-5-6-11(10(13)8-9)17-7-3-4-12(14)16-2;1-2/h5-6,8H,3-4,7,13H2,1-2H3;1-2H3. The quantitative estimate of drug-likeness (QED) is 0.488. The Morgan fingerprint density at radius 2 is 1.95 bits per heavy atom. The van der Waals surface area contributed by atoms with Gasteiger partial charge in [0.15, 0.2) is 0 Å². The normalized spacial score (nSPS) is 9.05. The van der Waals surface area contributed by atoms with E-state index in [0.717, 1.165) is 0 Å². The molecule has 0 saturated heterocycles. The number of benzene rings is 1. The average molecular weight is 269 g/mol. The van der Waals surface area contributed by atoms with Gasteiger partial charge in [0.05, 0.1) is 26.5 Å². The van der Waals surface area contributed by atoms with Crippen molar-refractivity contribution in [2.75, 3.05) is 26.6 Å². The van der Waals surface area contributed by atoms with Gasteiger partial charge < -0.3 is 19.9 Å². The van der Waals surface area contributed by atoms with Gasteiger partial charge in [0.2, 0.25) is 0 Å². The minimum atomic E-state index is -0.240. The molecule has 108 valence electrons. The van der Waals surface area contributed by atoms with Gasteiger partial charge in [-0.2, -0.15) is 0 Å². The molecular weight excluding hydrogens is 246 g/mol. The maximum Gasteiger partial charge on any atom is 0.305 e. The molecule has 0 unspecified atom stereocenters. The van der Waals surface area contributed by atoms with Gasteiger partial charge >= 0.3 is 5.97 Å². The Labute approximate surface area is 114 Å². The van der Waals surface area contributed by atoms with Gasteiger partial charge in [0, 0.05) is 12.5 Å². The van der Waals surface area contributed by atoms with Crippen molar-refractivity contribution in [3.05, 3.63) is 18.2 Å². The van der Waals surface area contributed by atoms with Crippen LogP contribution < -0.4 is 15.2 Å². The third-order valence-corrected chi connectivity index (χ3v) is 2.23. The maximum atomic E-state index is 10.9. The molecule has 1 rings (SSSR count). The summed E-state index contributed by atoms with van der Waals surface area (Å²) in [6.07, 6.45) is 0.935. The second-order valence-corrected chi connectivity index (χ2v) is 3.43. The number of rotatable bonds is 6. The van der Waals surface area contributed by atoms with E-state index in [2.05, 4.69) is 4.74 Å². The lowest BCUT2D eigenvalue weighted by atomic mass is 10.3. The van der Waals surface area contributed by atoms with Crippen LogP contribution in [0.3, 0.4) is 0 Å². The van der Waals surface area contributed by atoms with Crippen LogP contribution in [0.25, 0.3) is 0 Å². The summed E-state index contributed by atoms with van der Waals surface area (Å²) in [5, 5.41) is 0. The van der Waals surface area contributed by atoms with Crippen molar-refractivity contribution in [2.24, 2.45) is 0 Å². The lowest BCUT2D eigenvalue weighted by molar-refractivity contribution is -0.140. The van der Waals surface area contributed by atoms with Crippen LogP contribution in [-0.4, -0.2) is 26.8 Å². The molecule has 1 aromatic carbocycles. The lowest BCUT2D eigenvalue weighted by Gasteiger charge is -2.09. The summed E-state index contributed by atoms with van der Waals surface area (Å²) in [6.45, 7) is 4.42. The van der Waals surface area contributed by atoms with Crippen molar-refractivity contribution in [1.29, 1.82) is 0 Å². The predicted molar refractivity (Wildman–Crippen MR) is 75.5 cm³/mol. The monoisotopic (exact) mass is 269 g/mol. The van der Waals surface area contributed by atoms with Crippen molar-refractivity contribution >= 4 is 11.7 Å². The summed E-state index contributed by atoms with van der Waals surface area (Å²) < 4.78 is 15.0. The summed E-state index contributed by atoms with van der Waals surface area (Å²) in [6, 6.07) is 5.20. The molecule has 5 heteroatoms. The minimum absolute atomic E-state index is 0.240. The summed E-state index contributed by atoms with van der Waals surface area (Å²) in [7, 11) is 2.94. The van der Waals surface area contributed by atoms with Crippen molar-refractivity contribution < 1.29 is 19.0 Å². The molecule has 0 fully saturated rings. The summed E-state index contributed by atoms with van der Waals surface area (Å²) in [5.41, 5.74) is 6.28. The van der Waals surface area contributed by atoms with E-state index in [1.807, 2.05) is 13.8 Å². The Bertz CT molecular complexity index is 380. The summed E-state index contributed by atoms with van der Waals surface area (Å²) >= 11 is 0. The van der Waals surface area contributed by atoms with Crippen LogP contribution in [0.2, 0.25) is 0 Å². The summed E-state index contributed by atoms with van der Waals surface area (Å²) in [4.78, 5) is 10.9. The minimum Gasteiger partial charge on any atom is -0.497 e.